The van der Waals surface area contributed by atoms with Crippen LogP contribution < -0.4 is 0 Å². The summed E-state index contributed by atoms with van der Waals surface area (Å²) in [5.41, 5.74) is 0.907. The molecule has 1 N–H and O–H groups in total. The first-order valence-electron chi connectivity index (χ1n) is 8.34. The van der Waals surface area contributed by atoms with Crippen molar-refractivity contribution in [2.75, 3.05) is 0 Å². The molecule has 0 fully saturated rings. The Morgan fingerprint density at radius 2 is 1.77 bits per heavy atom. The van der Waals surface area contributed by atoms with Gasteiger partial charge in [-0.25, -0.2) is 0 Å². The van der Waals surface area contributed by atoms with Crippen molar-refractivity contribution in [2.45, 2.75) is 58.3 Å². The number of phenolic OH excluding ortho intramolecular Hbond substituents is 1. The van der Waals surface area contributed by atoms with Crippen LogP contribution in [0, 0.1) is 0 Å². The number of ketones is 1. The third kappa shape index (κ3) is 4.30. The molecule has 22 heavy (non-hydrogen) atoms. The lowest BCUT2D eigenvalue weighted by molar-refractivity contribution is 0.0976. The van der Waals surface area contributed by atoms with Crippen molar-refractivity contribution in [1.82, 2.24) is 4.98 Å². The van der Waals surface area contributed by atoms with E-state index in [0.29, 0.717) is 17.5 Å². The Labute approximate surface area is 132 Å². The molecule has 0 aliphatic heterocycles. The van der Waals surface area contributed by atoms with Crippen LogP contribution in [-0.2, 0) is 0 Å². The lowest BCUT2D eigenvalue weighted by Gasteiger charge is -2.06. The molecule has 1 aromatic carbocycles. The molecule has 0 aliphatic carbocycles. The summed E-state index contributed by atoms with van der Waals surface area (Å²) in [4.78, 5) is 16.4. The third-order valence-corrected chi connectivity index (χ3v) is 4.06. The molecule has 1 aromatic heterocycles. The number of hydrogen-bond donors (Lipinski definition) is 1. The number of benzene rings is 1. The SMILES string of the molecule is CCCCCCCCCC(=O)c1ccc2cccnc2c1O. The number of phenols is 1. The molecule has 0 unspecified atom stereocenters. The highest BCUT2D eigenvalue weighted by atomic mass is 16.3. The molecular weight excluding hydrogens is 274 g/mol. The standard InChI is InChI=1S/C19H25NO2/c1-2-3-4-5-6-7-8-11-17(21)16-13-12-15-10-9-14-20-18(15)19(16)22/h9-10,12-14,22H,2-8,11H2,1H3. The van der Waals surface area contributed by atoms with Gasteiger partial charge in [-0.1, -0.05) is 57.6 Å². The summed E-state index contributed by atoms with van der Waals surface area (Å²) in [5, 5.41) is 11.1. The molecule has 0 amide bonds. The van der Waals surface area contributed by atoms with Crippen molar-refractivity contribution in [1.29, 1.82) is 0 Å². The number of fused-ring (bicyclic) bond motifs is 1. The van der Waals surface area contributed by atoms with Crippen LogP contribution in [0.2, 0.25) is 0 Å². The summed E-state index contributed by atoms with van der Waals surface area (Å²) in [6.07, 6.45) is 10.4. The molecule has 0 radical (unpaired) electrons. The topological polar surface area (TPSA) is 50.2 Å². The van der Waals surface area contributed by atoms with Gasteiger partial charge in [0.1, 0.15) is 5.52 Å². The summed E-state index contributed by atoms with van der Waals surface area (Å²) in [6, 6.07) is 7.26. The van der Waals surface area contributed by atoms with Crippen molar-refractivity contribution >= 4 is 16.7 Å². The Morgan fingerprint density at radius 3 is 2.55 bits per heavy atom. The number of unbranched alkanes of at least 4 members (excludes halogenated alkanes) is 6. The van der Waals surface area contributed by atoms with Gasteiger partial charge in [0.15, 0.2) is 11.5 Å². The fourth-order valence-corrected chi connectivity index (χ4v) is 2.73. The van der Waals surface area contributed by atoms with Crippen LogP contribution in [0.25, 0.3) is 10.9 Å². The van der Waals surface area contributed by atoms with Gasteiger partial charge in [0.05, 0.1) is 5.56 Å². The number of aromatic hydroxyl groups is 1. The van der Waals surface area contributed by atoms with E-state index in [1.165, 1.54) is 32.1 Å². The second kappa shape index (κ2) is 8.52. The van der Waals surface area contributed by atoms with Crippen LogP contribution >= 0.6 is 0 Å². The summed E-state index contributed by atoms with van der Waals surface area (Å²) in [5.74, 6) is 0.0321. The maximum atomic E-state index is 12.3. The summed E-state index contributed by atoms with van der Waals surface area (Å²) >= 11 is 0. The molecule has 0 atom stereocenters. The van der Waals surface area contributed by atoms with Gasteiger partial charge < -0.3 is 5.11 Å². The first kappa shape index (κ1) is 16.5. The summed E-state index contributed by atoms with van der Waals surface area (Å²) < 4.78 is 0. The first-order chi connectivity index (χ1) is 10.7. The Bertz CT molecular complexity index is 622. The summed E-state index contributed by atoms with van der Waals surface area (Å²) in [6.45, 7) is 2.21. The fraction of sp³-hybridized carbons (Fsp3) is 0.474. The molecule has 0 aliphatic rings. The number of Topliss-reactive ketones (excluding diaryl/α,β-unsaturated/α-hetero) is 1. The monoisotopic (exact) mass is 299 g/mol. The van der Waals surface area contributed by atoms with Crippen molar-refractivity contribution in [3.05, 3.63) is 36.0 Å². The highest BCUT2D eigenvalue weighted by Gasteiger charge is 2.14. The van der Waals surface area contributed by atoms with Gasteiger partial charge in [0.25, 0.3) is 0 Å². The zero-order chi connectivity index (χ0) is 15.8. The molecule has 0 saturated carbocycles. The Balaban J connectivity index is 1.86. The van der Waals surface area contributed by atoms with Gasteiger partial charge in [-0.15, -0.1) is 0 Å². The van der Waals surface area contributed by atoms with E-state index >= 15 is 0 Å². The number of rotatable bonds is 9. The zero-order valence-corrected chi connectivity index (χ0v) is 13.3. The summed E-state index contributed by atoms with van der Waals surface area (Å²) in [7, 11) is 0. The van der Waals surface area contributed by atoms with Gasteiger partial charge in [0, 0.05) is 18.0 Å². The molecule has 3 nitrogen and oxygen atoms in total. The molecule has 2 rings (SSSR count). The van der Waals surface area contributed by atoms with Crippen LogP contribution in [0.1, 0.15) is 68.6 Å². The Kier molecular flexibility index (Phi) is 6.38. The van der Waals surface area contributed by atoms with Crippen LogP contribution in [0.4, 0.5) is 0 Å². The normalized spacial score (nSPS) is 11.0. The number of nitrogens with zero attached hydrogens (tertiary/aromatic N) is 1. The van der Waals surface area contributed by atoms with E-state index in [0.717, 1.165) is 18.2 Å². The average molecular weight is 299 g/mol. The molecule has 1 heterocycles. The minimum atomic E-state index is 0.0126. The molecule has 0 bridgehead atoms. The quantitative estimate of drug-likeness (QED) is 0.507. The number of carbonyl (C=O) groups is 1. The van der Waals surface area contributed by atoms with Gasteiger partial charge in [0.2, 0.25) is 0 Å². The fourth-order valence-electron chi connectivity index (χ4n) is 2.73. The second-order valence-corrected chi connectivity index (χ2v) is 5.83. The van der Waals surface area contributed by atoms with Crippen LogP contribution in [0.5, 0.6) is 5.75 Å². The highest BCUT2D eigenvalue weighted by molar-refractivity contribution is 6.03. The van der Waals surface area contributed by atoms with Crippen LogP contribution in [0.3, 0.4) is 0 Å². The van der Waals surface area contributed by atoms with E-state index < -0.39 is 0 Å². The third-order valence-electron chi connectivity index (χ3n) is 4.06. The predicted octanol–water partition coefficient (Wildman–Crippen LogP) is 5.26. The molecule has 118 valence electrons. The Hall–Kier alpha value is -1.90. The number of carbonyl (C=O) groups excluding carboxylic acids is 1. The maximum Gasteiger partial charge on any atom is 0.166 e. The smallest absolute Gasteiger partial charge is 0.166 e. The number of hydrogen-bond acceptors (Lipinski definition) is 3. The van der Waals surface area contributed by atoms with E-state index in [1.54, 1.807) is 12.3 Å². The second-order valence-electron chi connectivity index (χ2n) is 5.83. The van der Waals surface area contributed by atoms with E-state index in [4.69, 9.17) is 0 Å². The number of pyridine rings is 1. The van der Waals surface area contributed by atoms with E-state index in [9.17, 15) is 9.90 Å². The van der Waals surface area contributed by atoms with Gasteiger partial charge in [-0.3, -0.25) is 9.78 Å². The Morgan fingerprint density at radius 1 is 1.05 bits per heavy atom. The lowest BCUT2D eigenvalue weighted by Crippen LogP contribution is -2.00. The van der Waals surface area contributed by atoms with Crippen molar-refractivity contribution < 1.29 is 9.90 Å². The van der Waals surface area contributed by atoms with Gasteiger partial charge in [-0.05, 0) is 18.6 Å². The largest absolute Gasteiger partial charge is 0.505 e. The minimum absolute atomic E-state index is 0.0126. The molecular formula is C19H25NO2. The average Bonchev–Trinajstić information content (AvgIpc) is 2.54. The first-order valence-corrected chi connectivity index (χ1v) is 8.34. The van der Waals surface area contributed by atoms with Crippen LogP contribution in [0.15, 0.2) is 30.5 Å². The molecule has 3 heteroatoms. The molecule has 0 spiro atoms. The molecule has 0 saturated heterocycles. The zero-order valence-electron chi connectivity index (χ0n) is 13.3. The van der Waals surface area contributed by atoms with E-state index in [1.807, 2.05) is 18.2 Å². The van der Waals surface area contributed by atoms with Gasteiger partial charge >= 0.3 is 0 Å². The van der Waals surface area contributed by atoms with Gasteiger partial charge in [-0.2, -0.15) is 0 Å². The molecule has 2 aromatic rings. The van der Waals surface area contributed by atoms with Crippen LogP contribution in [-0.4, -0.2) is 15.9 Å². The van der Waals surface area contributed by atoms with E-state index in [-0.39, 0.29) is 11.5 Å². The lowest BCUT2D eigenvalue weighted by atomic mass is 10.0. The predicted molar refractivity (Wildman–Crippen MR) is 90.3 cm³/mol. The maximum absolute atomic E-state index is 12.3. The highest BCUT2D eigenvalue weighted by Crippen LogP contribution is 2.28. The van der Waals surface area contributed by atoms with Crippen molar-refractivity contribution in [2.24, 2.45) is 0 Å². The minimum Gasteiger partial charge on any atom is -0.505 e. The van der Waals surface area contributed by atoms with Crippen molar-refractivity contribution in [3.8, 4) is 5.75 Å². The van der Waals surface area contributed by atoms with E-state index in [2.05, 4.69) is 11.9 Å². The van der Waals surface area contributed by atoms with Crippen molar-refractivity contribution in [3.63, 3.8) is 0 Å². The number of aromatic nitrogens is 1.